The standard InChI is InChI=1S/C31H41N5O4/c1-21(2)18-36(24-17-23(19-34(20-24)30(39)40)28(37)33-31(3,4)5)29(38)27-32-25-13-9-10-14-26(25)35(27)16-15-22-11-7-6-8-12-22/h6-14,21,23-24H,15-20H2,1-5H3,(H,33,37)(H,39,40)/t23-,24+/m1/s1. The van der Waals surface area contributed by atoms with Crippen LogP contribution in [0.15, 0.2) is 54.6 Å². The molecule has 40 heavy (non-hydrogen) atoms. The zero-order chi connectivity index (χ0) is 29.0. The molecule has 0 radical (unpaired) electrons. The van der Waals surface area contributed by atoms with Gasteiger partial charge in [-0.15, -0.1) is 0 Å². The lowest BCUT2D eigenvalue weighted by Gasteiger charge is -2.42. The minimum absolute atomic E-state index is 0.104. The van der Waals surface area contributed by atoms with Gasteiger partial charge >= 0.3 is 6.09 Å². The SMILES string of the molecule is CC(C)CN(C(=O)c1nc2ccccc2n1CCc1ccccc1)[C@H]1C[C@@H](C(=O)NC(C)(C)C)CN(C(=O)O)C1. The average molecular weight is 548 g/mol. The van der Waals surface area contributed by atoms with Gasteiger partial charge in [0.15, 0.2) is 5.82 Å². The summed E-state index contributed by atoms with van der Waals surface area (Å²) in [5.41, 5.74) is 2.33. The first kappa shape index (κ1) is 29.1. The summed E-state index contributed by atoms with van der Waals surface area (Å²) in [5, 5.41) is 12.9. The zero-order valence-electron chi connectivity index (χ0n) is 24.1. The molecule has 4 rings (SSSR count). The smallest absolute Gasteiger partial charge is 0.407 e. The largest absolute Gasteiger partial charge is 0.465 e. The van der Waals surface area contributed by atoms with Crippen LogP contribution in [0.3, 0.4) is 0 Å². The molecule has 9 heteroatoms. The Balaban J connectivity index is 1.69. The Labute approximate surface area is 236 Å². The van der Waals surface area contributed by atoms with Crippen LogP contribution in [0.25, 0.3) is 11.0 Å². The van der Waals surface area contributed by atoms with Crippen molar-refractivity contribution >= 4 is 28.9 Å². The molecular weight excluding hydrogens is 506 g/mol. The number of hydrogen-bond acceptors (Lipinski definition) is 4. The number of amides is 3. The van der Waals surface area contributed by atoms with Gasteiger partial charge < -0.3 is 24.8 Å². The van der Waals surface area contributed by atoms with Crippen LogP contribution in [0.5, 0.6) is 0 Å². The van der Waals surface area contributed by atoms with Crippen LogP contribution in [0.4, 0.5) is 4.79 Å². The van der Waals surface area contributed by atoms with Crippen molar-refractivity contribution in [2.75, 3.05) is 19.6 Å². The number of nitrogens with zero attached hydrogens (tertiary/aromatic N) is 4. The third-order valence-corrected chi connectivity index (χ3v) is 7.14. The van der Waals surface area contributed by atoms with Gasteiger partial charge in [-0.25, -0.2) is 9.78 Å². The summed E-state index contributed by atoms with van der Waals surface area (Å²) >= 11 is 0. The number of carboxylic acid groups (broad SMARTS) is 1. The van der Waals surface area contributed by atoms with Gasteiger partial charge in [-0.1, -0.05) is 56.3 Å². The number of fused-ring (bicyclic) bond motifs is 1. The summed E-state index contributed by atoms with van der Waals surface area (Å²) in [7, 11) is 0. The molecular formula is C31H41N5O4. The number of nitrogens with one attached hydrogen (secondary N) is 1. The molecule has 1 aliphatic heterocycles. The molecule has 1 aromatic heterocycles. The van der Waals surface area contributed by atoms with Gasteiger partial charge in [-0.05, 0) is 57.2 Å². The van der Waals surface area contributed by atoms with Crippen LogP contribution in [-0.2, 0) is 17.8 Å². The van der Waals surface area contributed by atoms with E-state index in [1.807, 2.05) is 81.7 Å². The van der Waals surface area contributed by atoms with Gasteiger partial charge in [0.25, 0.3) is 5.91 Å². The maximum Gasteiger partial charge on any atom is 0.407 e. The molecule has 0 saturated carbocycles. The van der Waals surface area contributed by atoms with Crippen LogP contribution < -0.4 is 5.32 Å². The minimum Gasteiger partial charge on any atom is -0.465 e. The third kappa shape index (κ3) is 7.00. The monoisotopic (exact) mass is 547 g/mol. The molecule has 1 fully saturated rings. The van der Waals surface area contributed by atoms with Crippen molar-refractivity contribution in [1.29, 1.82) is 0 Å². The molecule has 2 aromatic carbocycles. The Kier molecular flexibility index (Phi) is 8.81. The number of para-hydroxylation sites is 2. The lowest BCUT2D eigenvalue weighted by molar-refractivity contribution is -0.128. The Bertz CT molecular complexity index is 1340. The van der Waals surface area contributed by atoms with E-state index in [-0.39, 0.29) is 30.8 Å². The number of imidazole rings is 1. The highest BCUT2D eigenvalue weighted by molar-refractivity contribution is 5.95. The number of benzene rings is 2. The van der Waals surface area contributed by atoms with Crippen LogP contribution in [0.1, 0.15) is 57.2 Å². The van der Waals surface area contributed by atoms with E-state index in [0.29, 0.717) is 25.3 Å². The lowest BCUT2D eigenvalue weighted by Crippen LogP contribution is -2.58. The molecule has 0 bridgehead atoms. The molecule has 3 aromatic rings. The van der Waals surface area contributed by atoms with E-state index in [9.17, 15) is 19.5 Å². The lowest BCUT2D eigenvalue weighted by atomic mass is 9.91. The van der Waals surface area contributed by atoms with Crippen LogP contribution >= 0.6 is 0 Å². The van der Waals surface area contributed by atoms with E-state index in [4.69, 9.17) is 4.98 Å². The fraction of sp³-hybridized carbons (Fsp3) is 0.484. The van der Waals surface area contributed by atoms with E-state index in [0.717, 1.165) is 23.0 Å². The molecule has 3 amide bonds. The number of hydrogen-bond donors (Lipinski definition) is 2. The average Bonchev–Trinajstić information content (AvgIpc) is 3.28. The third-order valence-electron chi connectivity index (χ3n) is 7.14. The van der Waals surface area contributed by atoms with E-state index < -0.39 is 23.6 Å². The van der Waals surface area contributed by atoms with Crippen molar-refractivity contribution < 1.29 is 19.5 Å². The van der Waals surface area contributed by atoms with Crippen molar-refractivity contribution in [1.82, 2.24) is 24.7 Å². The molecule has 2 N–H and O–H groups in total. The molecule has 1 saturated heterocycles. The second kappa shape index (κ2) is 12.1. The van der Waals surface area contributed by atoms with Crippen molar-refractivity contribution in [2.24, 2.45) is 11.8 Å². The molecule has 9 nitrogen and oxygen atoms in total. The summed E-state index contributed by atoms with van der Waals surface area (Å²) in [4.78, 5) is 47.4. The van der Waals surface area contributed by atoms with Crippen molar-refractivity contribution in [3.05, 3.63) is 66.0 Å². The molecule has 2 heterocycles. The number of rotatable bonds is 8. The first-order chi connectivity index (χ1) is 18.9. The van der Waals surface area contributed by atoms with Crippen molar-refractivity contribution in [3.8, 4) is 0 Å². The highest BCUT2D eigenvalue weighted by Gasteiger charge is 2.40. The molecule has 2 atom stereocenters. The highest BCUT2D eigenvalue weighted by Crippen LogP contribution is 2.26. The van der Waals surface area contributed by atoms with E-state index in [2.05, 4.69) is 17.4 Å². The fourth-order valence-electron chi connectivity index (χ4n) is 5.39. The van der Waals surface area contributed by atoms with Gasteiger partial charge in [-0.3, -0.25) is 9.59 Å². The number of aryl methyl sites for hydroxylation is 2. The second-order valence-corrected chi connectivity index (χ2v) is 12.2. The van der Waals surface area contributed by atoms with Crippen LogP contribution in [0.2, 0.25) is 0 Å². The highest BCUT2D eigenvalue weighted by atomic mass is 16.4. The summed E-state index contributed by atoms with van der Waals surface area (Å²) < 4.78 is 1.97. The summed E-state index contributed by atoms with van der Waals surface area (Å²) in [6.07, 6.45) is 0.0241. The molecule has 0 spiro atoms. The zero-order valence-corrected chi connectivity index (χ0v) is 24.1. The van der Waals surface area contributed by atoms with E-state index >= 15 is 0 Å². The van der Waals surface area contributed by atoms with Crippen LogP contribution in [0, 0.1) is 11.8 Å². The fourth-order valence-corrected chi connectivity index (χ4v) is 5.39. The summed E-state index contributed by atoms with van der Waals surface area (Å²) in [6.45, 7) is 11.0. The Morgan fingerprint density at radius 3 is 2.38 bits per heavy atom. The maximum absolute atomic E-state index is 14.3. The van der Waals surface area contributed by atoms with Crippen molar-refractivity contribution in [2.45, 2.75) is 65.6 Å². The predicted molar refractivity (Wildman–Crippen MR) is 155 cm³/mol. The van der Waals surface area contributed by atoms with Gasteiger partial charge in [0.05, 0.1) is 23.0 Å². The Morgan fingerprint density at radius 1 is 1.05 bits per heavy atom. The second-order valence-electron chi connectivity index (χ2n) is 12.2. The number of aromatic nitrogens is 2. The Morgan fingerprint density at radius 2 is 1.73 bits per heavy atom. The molecule has 0 aliphatic carbocycles. The maximum atomic E-state index is 14.3. The topological polar surface area (TPSA) is 108 Å². The quantitative estimate of drug-likeness (QED) is 0.427. The normalized spacial score (nSPS) is 17.7. The Hall–Kier alpha value is -3.88. The van der Waals surface area contributed by atoms with Crippen molar-refractivity contribution in [3.63, 3.8) is 0 Å². The summed E-state index contributed by atoms with van der Waals surface area (Å²) in [6, 6.07) is 17.4. The first-order valence-corrected chi connectivity index (χ1v) is 14.0. The number of carbonyl (C=O) groups excluding carboxylic acids is 2. The van der Waals surface area contributed by atoms with E-state index in [1.54, 1.807) is 4.90 Å². The summed E-state index contributed by atoms with van der Waals surface area (Å²) in [5.74, 6) is -0.539. The van der Waals surface area contributed by atoms with Gasteiger partial charge in [-0.2, -0.15) is 0 Å². The molecule has 214 valence electrons. The van der Waals surface area contributed by atoms with Crippen LogP contribution in [-0.4, -0.2) is 73.6 Å². The minimum atomic E-state index is -1.09. The van der Waals surface area contributed by atoms with Gasteiger partial charge in [0.1, 0.15) is 0 Å². The molecule has 0 unspecified atom stereocenters. The van der Waals surface area contributed by atoms with E-state index in [1.165, 1.54) is 4.90 Å². The predicted octanol–water partition coefficient (Wildman–Crippen LogP) is 4.66. The van der Waals surface area contributed by atoms with Gasteiger partial charge in [0, 0.05) is 31.7 Å². The number of likely N-dealkylation sites (tertiary alicyclic amines) is 1. The number of piperidine rings is 1. The number of carbonyl (C=O) groups is 3. The first-order valence-electron chi connectivity index (χ1n) is 14.0. The molecule has 1 aliphatic rings. The van der Waals surface area contributed by atoms with Gasteiger partial charge in [0.2, 0.25) is 5.91 Å².